The lowest BCUT2D eigenvalue weighted by Crippen LogP contribution is -2.47. The molecule has 1 aliphatic heterocycles. The monoisotopic (exact) mass is 366 g/mol. The molecule has 1 atom stereocenters. The molecule has 0 radical (unpaired) electrons. The Morgan fingerprint density at radius 1 is 1.38 bits per heavy atom. The van der Waals surface area contributed by atoms with Crippen molar-refractivity contribution in [2.24, 2.45) is 0 Å². The first-order valence-electron chi connectivity index (χ1n) is 6.95. The quantitative estimate of drug-likeness (QED) is 0.766. The summed E-state index contributed by atoms with van der Waals surface area (Å²) in [5, 5.41) is 8.95. The number of benzene rings is 1. The fourth-order valence-electron chi connectivity index (χ4n) is 2.39. The highest BCUT2D eigenvalue weighted by Crippen LogP contribution is 2.26. The van der Waals surface area contributed by atoms with Gasteiger partial charge in [0.1, 0.15) is 5.82 Å². The smallest absolute Gasteiger partial charge is 0.375 e. The van der Waals surface area contributed by atoms with Crippen LogP contribution in [0.5, 0.6) is 0 Å². The number of alkyl halides is 3. The van der Waals surface area contributed by atoms with Gasteiger partial charge in [0, 0.05) is 13.1 Å². The first-order chi connectivity index (χ1) is 11.1. The van der Waals surface area contributed by atoms with Crippen molar-refractivity contribution in [2.75, 3.05) is 19.7 Å². The summed E-state index contributed by atoms with van der Waals surface area (Å²) in [6.45, 7) is -0.626. The van der Waals surface area contributed by atoms with Gasteiger partial charge in [-0.2, -0.15) is 22.7 Å². The predicted octanol–water partition coefficient (Wildman–Crippen LogP) is 2.18. The first kappa shape index (κ1) is 18.6. The van der Waals surface area contributed by atoms with Gasteiger partial charge < -0.3 is 4.74 Å². The third-order valence-corrected chi connectivity index (χ3v) is 5.28. The molecule has 1 aromatic carbocycles. The van der Waals surface area contributed by atoms with Crippen molar-refractivity contribution in [3.8, 4) is 6.07 Å². The Kier molecular flexibility index (Phi) is 5.47. The molecule has 1 aromatic rings. The molecule has 10 heteroatoms. The van der Waals surface area contributed by atoms with E-state index in [0.29, 0.717) is 0 Å². The Balaban J connectivity index is 2.14. The van der Waals surface area contributed by atoms with Crippen molar-refractivity contribution in [1.82, 2.24) is 4.31 Å². The number of halogens is 4. The lowest BCUT2D eigenvalue weighted by Gasteiger charge is -2.32. The average molecular weight is 366 g/mol. The maximum atomic E-state index is 13.1. The van der Waals surface area contributed by atoms with Crippen LogP contribution in [0.1, 0.15) is 17.5 Å². The van der Waals surface area contributed by atoms with Gasteiger partial charge in [-0.05, 0) is 17.7 Å². The third kappa shape index (κ3) is 4.90. The number of morpholine rings is 1. The second-order valence-corrected chi connectivity index (χ2v) is 7.31. The van der Waals surface area contributed by atoms with Crippen LogP contribution in [0, 0.1) is 17.1 Å². The van der Waals surface area contributed by atoms with Gasteiger partial charge in [0.2, 0.25) is 10.0 Å². The Morgan fingerprint density at radius 2 is 2.08 bits per heavy atom. The summed E-state index contributed by atoms with van der Waals surface area (Å²) in [6, 6.07) is 4.82. The SMILES string of the molecule is N#Cc1cc(F)ccc1CS(=O)(=O)N1CCOC(CC(F)(F)F)C1. The Labute approximate surface area is 136 Å². The fraction of sp³-hybridized carbons (Fsp3) is 0.500. The largest absolute Gasteiger partial charge is 0.391 e. The van der Waals surface area contributed by atoms with Crippen molar-refractivity contribution in [3.63, 3.8) is 0 Å². The molecule has 24 heavy (non-hydrogen) atoms. The number of rotatable bonds is 4. The zero-order chi connectivity index (χ0) is 18.0. The highest BCUT2D eigenvalue weighted by molar-refractivity contribution is 7.88. The van der Waals surface area contributed by atoms with E-state index in [1.54, 1.807) is 6.07 Å². The number of hydrogen-bond acceptors (Lipinski definition) is 4. The van der Waals surface area contributed by atoms with Crippen LogP contribution in [-0.2, 0) is 20.5 Å². The van der Waals surface area contributed by atoms with E-state index in [0.717, 1.165) is 16.4 Å². The van der Waals surface area contributed by atoms with Crippen LogP contribution >= 0.6 is 0 Å². The van der Waals surface area contributed by atoms with E-state index in [-0.39, 0.29) is 24.3 Å². The summed E-state index contributed by atoms with van der Waals surface area (Å²) in [5.41, 5.74) is -0.0311. The average Bonchev–Trinajstić information content (AvgIpc) is 2.47. The summed E-state index contributed by atoms with van der Waals surface area (Å²) in [6.07, 6.45) is -6.96. The second kappa shape index (κ2) is 7.04. The van der Waals surface area contributed by atoms with Crippen LogP contribution in [-0.4, -0.2) is 44.7 Å². The molecule has 1 saturated heterocycles. The van der Waals surface area contributed by atoms with Crippen molar-refractivity contribution in [1.29, 1.82) is 5.26 Å². The molecule has 0 bridgehead atoms. The van der Waals surface area contributed by atoms with Gasteiger partial charge >= 0.3 is 6.18 Å². The van der Waals surface area contributed by atoms with Crippen molar-refractivity contribution in [3.05, 3.63) is 35.1 Å². The normalized spacial score (nSPS) is 19.9. The molecule has 0 spiro atoms. The van der Waals surface area contributed by atoms with Crippen LogP contribution in [0.4, 0.5) is 17.6 Å². The minimum Gasteiger partial charge on any atom is -0.375 e. The van der Waals surface area contributed by atoms with Crippen molar-refractivity contribution < 1.29 is 30.7 Å². The van der Waals surface area contributed by atoms with E-state index in [4.69, 9.17) is 10.00 Å². The van der Waals surface area contributed by atoms with Gasteiger partial charge in [-0.15, -0.1) is 0 Å². The highest BCUT2D eigenvalue weighted by Gasteiger charge is 2.37. The van der Waals surface area contributed by atoms with E-state index in [2.05, 4.69) is 0 Å². The summed E-state index contributed by atoms with van der Waals surface area (Å²) >= 11 is 0. The minimum absolute atomic E-state index is 0.0697. The minimum atomic E-state index is -4.46. The Bertz CT molecular complexity index is 743. The summed E-state index contributed by atoms with van der Waals surface area (Å²) in [7, 11) is -3.96. The van der Waals surface area contributed by atoms with Gasteiger partial charge in [-0.25, -0.2) is 12.8 Å². The molecule has 5 nitrogen and oxygen atoms in total. The number of nitrogens with zero attached hydrogens (tertiary/aromatic N) is 2. The van der Waals surface area contributed by atoms with Crippen LogP contribution in [0.2, 0.25) is 0 Å². The van der Waals surface area contributed by atoms with E-state index in [1.165, 1.54) is 6.07 Å². The topological polar surface area (TPSA) is 70.4 Å². The number of ether oxygens (including phenoxy) is 1. The highest BCUT2D eigenvalue weighted by atomic mass is 32.2. The first-order valence-corrected chi connectivity index (χ1v) is 8.56. The molecule has 2 rings (SSSR count). The molecule has 0 saturated carbocycles. The molecule has 0 aromatic heterocycles. The van der Waals surface area contributed by atoms with Gasteiger partial charge in [0.25, 0.3) is 0 Å². The van der Waals surface area contributed by atoms with Crippen molar-refractivity contribution in [2.45, 2.75) is 24.5 Å². The molecule has 1 aliphatic rings. The lowest BCUT2D eigenvalue weighted by atomic mass is 10.1. The van der Waals surface area contributed by atoms with Gasteiger partial charge in [0.15, 0.2) is 0 Å². The summed E-state index contributed by atoms with van der Waals surface area (Å²) < 4.78 is 81.1. The van der Waals surface area contributed by atoms with Crippen molar-refractivity contribution >= 4 is 10.0 Å². The molecule has 132 valence electrons. The maximum Gasteiger partial charge on any atom is 0.391 e. The van der Waals surface area contributed by atoms with Crippen LogP contribution in [0.15, 0.2) is 18.2 Å². The van der Waals surface area contributed by atoms with E-state index < -0.39 is 46.8 Å². The van der Waals surface area contributed by atoms with Crippen LogP contribution in [0.3, 0.4) is 0 Å². The van der Waals surface area contributed by atoms with Gasteiger partial charge in [-0.1, -0.05) is 6.07 Å². The molecule has 0 amide bonds. The molecule has 1 heterocycles. The standard InChI is InChI=1S/C14H14F4N2O3S/c15-12-2-1-10(11(5-12)7-19)9-24(21,22)20-3-4-23-13(8-20)6-14(16,17)18/h1-2,5,13H,3-4,6,8-9H2. The van der Waals surface area contributed by atoms with Gasteiger partial charge in [0.05, 0.1) is 36.5 Å². The lowest BCUT2D eigenvalue weighted by molar-refractivity contribution is -0.166. The predicted molar refractivity (Wildman–Crippen MR) is 75.7 cm³/mol. The molecule has 1 fully saturated rings. The number of hydrogen-bond donors (Lipinski definition) is 0. The van der Waals surface area contributed by atoms with E-state index in [9.17, 15) is 26.0 Å². The summed E-state index contributed by atoms with van der Waals surface area (Å²) in [5.74, 6) is -1.26. The molecule has 1 unspecified atom stereocenters. The molecular formula is C14H14F4N2O3S. The third-order valence-electron chi connectivity index (χ3n) is 3.48. The fourth-order valence-corrected chi connectivity index (χ4v) is 3.97. The summed E-state index contributed by atoms with van der Waals surface area (Å²) in [4.78, 5) is 0. The zero-order valence-corrected chi connectivity index (χ0v) is 13.2. The number of sulfonamides is 1. The zero-order valence-electron chi connectivity index (χ0n) is 12.4. The molecule has 0 N–H and O–H groups in total. The van der Waals surface area contributed by atoms with E-state index >= 15 is 0 Å². The maximum absolute atomic E-state index is 13.1. The Morgan fingerprint density at radius 3 is 2.71 bits per heavy atom. The van der Waals surface area contributed by atoms with Gasteiger partial charge in [-0.3, -0.25) is 0 Å². The van der Waals surface area contributed by atoms with Crippen LogP contribution in [0.25, 0.3) is 0 Å². The molecular weight excluding hydrogens is 352 g/mol. The second-order valence-electron chi connectivity index (χ2n) is 5.34. The number of nitriles is 1. The van der Waals surface area contributed by atoms with Crippen LogP contribution < -0.4 is 0 Å². The van der Waals surface area contributed by atoms with E-state index in [1.807, 2.05) is 0 Å². The Hall–Kier alpha value is -1.70. The molecule has 0 aliphatic carbocycles.